The average Bonchev–Trinajstić information content (AvgIpc) is 2.23. The van der Waals surface area contributed by atoms with Crippen LogP contribution >= 0.6 is 54.5 Å². The molecular weight excluding hydrogens is 457 g/mol. The highest BCUT2D eigenvalue weighted by Gasteiger charge is 2.13. The molecule has 1 rings (SSSR count). The van der Waals surface area contributed by atoms with E-state index in [1.165, 1.54) is 0 Å². The molecule has 0 N–H and O–H groups in total. The third kappa shape index (κ3) is 3.61. The predicted molar refractivity (Wildman–Crippen MR) is 72.6 cm³/mol. The quantitative estimate of drug-likeness (QED) is 0.290. The lowest BCUT2D eigenvalue weighted by Gasteiger charge is -2.08. The second-order valence-electron chi connectivity index (χ2n) is 2.49. The highest BCUT2D eigenvalue weighted by atomic mass is 127. The van der Waals surface area contributed by atoms with Gasteiger partial charge in [0.15, 0.2) is 5.75 Å². The first-order chi connectivity index (χ1) is 7.58. The van der Waals surface area contributed by atoms with Gasteiger partial charge in [-0.1, -0.05) is 0 Å². The zero-order valence-corrected chi connectivity index (χ0v) is 13.0. The molecule has 0 saturated heterocycles. The van der Waals surface area contributed by atoms with Crippen molar-refractivity contribution in [3.05, 3.63) is 26.6 Å². The molecule has 0 aliphatic heterocycles. The van der Waals surface area contributed by atoms with Gasteiger partial charge < -0.3 is 9.47 Å². The van der Waals surface area contributed by atoms with Crippen molar-refractivity contribution in [3.63, 3.8) is 0 Å². The third-order valence-corrected chi connectivity index (χ3v) is 2.97. The number of carbonyl (C=O) groups excluding carboxylic acids is 1. The van der Waals surface area contributed by atoms with Crippen LogP contribution in [0.25, 0.3) is 0 Å². The van der Waals surface area contributed by atoms with Gasteiger partial charge in [-0.15, -0.1) is 0 Å². The molecule has 0 unspecified atom stereocenters. The van der Waals surface area contributed by atoms with Crippen LogP contribution in [-0.4, -0.2) is 10.8 Å². The topological polar surface area (TPSA) is 59.3 Å². The Hall–Kier alpha value is -0.330. The largest absolute Gasteiger partial charge is 0.514 e. The number of nitriles is 1. The molecule has 0 fully saturated rings. The molecule has 0 amide bonds. The summed E-state index contributed by atoms with van der Waals surface area (Å²) < 4.78 is 10.8. The molecular formula is C9H4Br2INO3. The van der Waals surface area contributed by atoms with Gasteiger partial charge in [0.05, 0.1) is 20.6 Å². The number of halogens is 3. The molecule has 0 radical (unpaired) electrons. The van der Waals surface area contributed by atoms with Crippen molar-refractivity contribution in [3.8, 4) is 11.8 Å². The van der Waals surface area contributed by atoms with Crippen molar-refractivity contribution in [2.24, 2.45) is 0 Å². The zero-order valence-electron chi connectivity index (χ0n) is 7.67. The lowest BCUT2D eigenvalue weighted by Crippen LogP contribution is -2.10. The fourth-order valence-electron chi connectivity index (χ4n) is 0.879. The van der Waals surface area contributed by atoms with Crippen LogP contribution in [0.5, 0.6) is 5.75 Å². The second-order valence-corrected chi connectivity index (χ2v) is 4.82. The van der Waals surface area contributed by atoms with Gasteiger partial charge >= 0.3 is 6.16 Å². The second kappa shape index (κ2) is 6.42. The molecule has 0 spiro atoms. The number of carbonyl (C=O) groups is 1. The van der Waals surface area contributed by atoms with Crippen molar-refractivity contribution in [1.29, 1.82) is 5.26 Å². The molecule has 0 atom stereocenters. The Morgan fingerprint density at radius 3 is 2.44 bits per heavy atom. The highest BCUT2D eigenvalue weighted by molar-refractivity contribution is 14.1. The molecule has 7 heteroatoms. The predicted octanol–water partition coefficient (Wildman–Crippen LogP) is 3.99. The summed E-state index contributed by atoms with van der Waals surface area (Å²) >= 11 is 8.29. The van der Waals surface area contributed by atoms with Gasteiger partial charge in [-0.25, -0.2) is 4.79 Å². The Bertz CT molecular complexity index is 436. The maximum Gasteiger partial charge on any atom is 0.514 e. The van der Waals surface area contributed by atoms with Crippen LogP contribution in [0, 0.1) is 11.3 Å². The Morgan fingerprint density at radius 1 is 1.44 bits per heavy atom. The van der Waals surface area contributed by atoms with Crippen LogP contribution in [0.3, 0.4) is 0 Å². The molecule has 0 heterocycles. The molecule has 1 aromatic carbocycles. The zero-order chi connectivity index (χ0) is 12.1. The number of nitrogens with zero attached hydrogens (tertiary/aromatic N) is 1. The summed E-state index contributed by atoms with van der Waals surface area (Å²) in [6.07, 6.45) is -0.791. The van der Waals surface area contributed by atoms with Crippen molar-refractivity contribution >= 4 is 60.6 Å². The Balaban J connectivity index is 2.98. The van der Waals surface area contributed by atoms with Gasteiger partial charge in [0.1, 0.15) is 4.61 Å². The van der Waals surface area contributed by atoms with Gasteiger partial charge in [-0.3, -0.25) is 0 Å². The van der Waals surface area contributed by atoms with E-state index in [9.17, 15) is 4.79 Å². The average molecular weight is 461 g/mol. The number of hydrogen-bond donors (Lipinski definition) is 0. The van der Waals surface area contributed by atoms with Gasteiger partial charge in [0.2, 0.25) is 0 Å². The lowest BCUT2D eigenvalue weighted by molar-refractivity contribution is 0.118. The fraction of sp³-hybridized carbons (Fsp3) is 0.111. The van der Waals surface area contributed by atoms with E-state index in [0.29, 0.717) is 14.5 Å². The van der Waals surface area contributed by atoms with E-state index in [4.69, 9.17) is 10.00 Å². The maximum atomic E-state index is 11.1. The summed E-state index contributed by atoms with van der Waals surface area (Å²) in [6.45, 7) is 0. The summed E-state index contributed by atoms with van der Waals surface area (Å²) in [7, 11) is 0. The first-order valence-electron chi connectivity index (χ1n) is 3.88. The van der Waals surface area contributed by atoms with Gasteiger partial charge in [-0.2, -0.15) is 5.26 Å². The van der Waals surface area contributed by atoms with Crippen molar-refractivity contribution < 1.29 is 14.3 Å². The molecule has 0 aromatic heterocycles. The van der Waals surface area contributed by atoms with Crippen molar-refractivity contribution in [2.75, 3.05) is 4.61 Å². The molecule has 4 nitrogen and oxygen atoms in total. The molecule has 84 valence electrons. The number of hydrogen-bond acceptors (Lipinski definition) is 4. The summed E-state index contributed by atoms with van der Waals surface area (Å²) in [4.78, 5) is 11.1. The van der Waals surface area contributed by atoms with E-state index in [1.54, 1.807) is 12.1 Å². The van der Waals surface area contributed by atoms with Crippen LogP contribution in [-0.2, 0) is 4.74 Å². The fourth-order valence-corrected chi connectivity index (χ4v) is 2.48. The Labute approximate surface area is 122 Å². The SMILES string of the molecule is N#Cc1cc(Br)c(OC(=O)OCI)c(Br)c1. The molecule has 16 heavy (non-hydrogen) atoms. The van der Waals surface area contributed by atoms with Crippen LogP contribution in [0.1, 0.15) is 5.56 Å². The van der Waals surface area contributed by atoms with Crippen LogP contribution in [0.4, 0.5) is 4.79 Å². The summed E-state index contributed by atoms with van der Waals surface area (Å²) in [5, 5.41) is 8.72. The summed E-state index contributed by atoms with van der Waals surface area (Å²) in [6, 6.07) is 5.09. The van der Waals surface area contributed by atoms with Crippen molar-refractivity contribution in [1.82, 2.24) is 0 Å². The third-order valence-electron chi connectivity index (χ3n) is 1.49. The van der Waals surface area contributed by atoms with Crippen LogP contribution < -0.4 is 4.74 Å². The van der Waals surface area contributed by atoms with Gasteiger partial charge in [-0.05, 0) is 66.6 Å². The number of rotatable bonds is 2. The molecule has 0 saturated carbocycles. The minimum atomic E-state index is -0.791. The van der Waals surface area contributed by atoms with E-state index in [-0.39, 0.29) is 10.4 Å². The number of alkyl halides is 1. The first-order valence-corrected chi connectivity index (χ1v) is 6.99. The van der Waals surface area contributed by atoms with Crippen molar-refractivity contribution in [2.45, 2.75) is 0 Å². The normalized spacial score (nSPS) is 9.38. The molecule has 1 aromatic rings. The lowest BCUT2D eigenvalue weighted by atomic mass is 10.2. The minimum Gasteiger partial charge on any atom is -0.423 e. The van der Waals surface area contributed by atoms with Gasteiger partial charge in [0.25, 0.3) is 0 Å². The smallest absolute Gasteiger partial charge is 0.423 e. The monoisotopic (exact) mass is 459 g/mol. The Kier molecular flexibility index (Phi) is 5.51. The van der Waals surface area contributed by atoms with Crippen LogP contribution in [0.15, 0.2) is 21.1 Å². The molecule has 0 bridgehead atoms. The van der Waals surface area contributed by atoms with Gasteiger partial charge in [0, 0.05) is 0 Å². The summed E-state index contributed by atoms with van der Waals surface area (Å²) in [5.41, 5.74) is 0.452. The highest BCUT2D eigenvalue weighted by Crippen LogP contribution is 2.34. The maximum absolute atomic E-state index is 11.1. The minimum absolute atomic E-state index is 0.210. The van der Waals surface area contributed by atoms with E-state index in [0.717, 1.165) is 0 Å². The molecule has 0 aliphatic carbocycles. The van der Waals surface area contributed by atoms with E-state index in [2.05, 4.69) is 36.6 Å². The van der Waals surface area contributed by atoms with Crippen LogP contribution in [0.2, 0.25) is 0 Å². The first kappa shape index (κ1) is 13.7. The molecule has 0 aliphatic rings. The standard InChI is InChI=1S/C9H4Br2INO3/c10-6-1-5(3-13)2-7(11)8(6)16-9(14)15-4-12/h1-2H,4H2. The van der Waals surface area contributed by atoms with E-state index in [1.807, 2.05) is 28.7 Å². The number of ether oxygens (including phenoxy) is 2. The van der Waals surface area contributed by atoms with E-state index < -0.39 is 6.16 Å². The summed E-state index contributed by atoms with van der Waals surface area (Å²) in [5.74, 6) is 0.286. The number of benzene rings is 1. The Morgan fingerprint density at radius 2 is 2.00 bits per heavy atom. The van der Waals surface area contributed by atoms with E-state index >= 15 is 0 Å².